The summed E-state index contributed by atoms with van der Waals surface area (Å²) in [5.41, 5.74) is 16.2. The summed E-state index contributed by atoms with van der Waals surface area (Å²) >= 11 is 1.85. The van der Waals surface area contributed by atoms with Gasteiger partial charge in [0, 0.05) is 31.9 Å². The van der Waals surface area contributed by atoms with Crippen molar-refractivity contribution in [3.8, 4) is 50.3 Å². The number of hydrogen-bond acceptors (Lipinski definition) is 2. The van der Waals surface area contributed by atoms with E-state index >= 15 is 0 Å². The fourth-order valence-corrected chi connectivity index (χ4v) is 13.1. The van der Waals surface area contributed by atoms with Gasteiger partial charge in [-0.3, -0.25) is 4.40 Å². The zero-order valence-electron chi connectivity index (χ0n) is 39.4. The summed E-state index contributed by atoms with van der Waals surface area (Å²) in [6.07, 6.45) is 0. The Morgan fingerprint density at radius 2 is 0.863 bits per heavy atom. The van der Waals surface area contributed by atoms with Crippen LogP contribution >= 0.6 is 11.3 Å². The van der Waals surface area contributed by atoms with Gasteiger partial charge in [-0.05, 0) is 155 Å². The molecular formula is C69H41N3S. The number of pyridine rings is 1. The Kier molecular flexibility index (Phi) is 8.62. The molecule has 16 rings (SSSR count). The van der Waals surface area contributed by atoms with E-state index in [0.717, 1.165) is 27.9 Å². The number of fused-ring (bicyclic) bond motifs is 14. The minimum Gasteiger partial charge on any atom is -0.309 e. The summed E-state index contributed by atoms with van der Waals surface area (Å²) in [5.74, 6) is 0. The number of rotatable bonds is 5. The Hall–Kier alpha value is -9.35. The van der Waals surface area contributed by atoms with Crippen molar-refractivity contribution in [3.63, 3.8) is 0 Å². The second-order valence-electron chi connectivity index (χ2n) is 19.5. The van der Waals surface area contributed by atoms with E-state index in [2.05, 4.69) is 258 Å². The van der Waals surface area contributed by atoms with Crippen molar-refractivity contribution in [3.05, 3.63) is 249 Å². The Morgan fingerprint density at radius 1 is 0.315 bits per heavy atom. The fourth-order valence-electron chi connectivity index (χ4n) is 11.9. The Bertz CT molecular complexity index is 4930. The average Bonchev–Trinajstić information content (AvgIpc) is 4.12. The molecule has 4 heterocycles. The molecule has 0 aliphatic carbocycles. The van der Waals surface area contributed by atoms with E-state index in [1.165, 1.54) is 124 Å². The monoisotopic (exact) mass is 943 g/mol. The molecule has 0 saturated heterocycles. The summed E-state index contributed by atoms with van der Waals surface area (Å²) in [7, 11) is 0. The zero-order valence-corrected chi connectivity index (χ0v) is 40.2. The first-order valence-electron chi connectivity index (χ1n) is 25.0. The summed E-state index contributed by atoms with van der Waals surface area (Å²) in [5, 5.41) is 14.9. The predicted octanol–water partition coefficient (Wildman–Crippen LogP) is 19.2. The van der Waals surface area contributed by atoms with Crippen LogP contribution in [0.25, 0.3) is 152 Å². The Balaban J connectivity index is 0.793. The number of thiophene rings is 1. The molecule has 3 nitrogen and oxygen atoms in total. The highest BCUT2D eigenvalue weighted by atomic mass is 32.1. The molecule has 0 bridgehead atoms. The molecule has 0 saturated carbocycles. The maximum absolute atomic E-state index is 5.48. The maximum Gasteiger partial charge on any atom is 0.156 e. The first kappa shape index (κ1) is 40.4. The lowest BCUT2D eigenvalue weighted by Gasteiger charge is -2.14. The lowest BCUT2D eigenvalue weighted by Crippen LogP contribution is -1.93. The van der Waals surface area contributed by atoms with Crippen LogP contribution < -0.4 is 0 Å². The number of nitrogens with zero attached hydrogens (tertiary/aromatic N) is 3. The molecule has 0 amide bonds. The van der Waals surface area contributed by atoms with Crippen molar-refractivity contribution in [1.29, 1.82) is 0 Å². The van der Waals surface area contributed by atoms with Crippen molar-refractivity contribution in [2.24, 2.45) is 0 Å². The minimum atomic E-state index is 1.000. The summed E-state index contributed by atoms with van der Waals surface area (Å²) in [6, 6.07) is 91.8. The SMILES string of the molecule is c1ccc(-n2c3ccccc3c3cc(-c4ccc(-c5ccc(-c6ccc(-c7cc8c9cc%10ccccc%10cc9sc8c8nc9cc%10cc%11ccccc%11cc%10cc9n78)cc6)c6ccccc56)cc4)ccc32)cc1. The number of aromatic nitrogens is 3. The smallest absolute Gasteiger partial charge is 0.156 e. The van der Waals surface area contributed by atoms with Gasteiger partial charge in [0.1, 0.15) is 0 Å². The van der Waals surface area contributed by atoms with Gasteiger partial charge in [-0.15, -0.1) is 11.3 Å². The largest absolute Gasteiger partial charge is 0.309 e. The molecule has 16 aromatic rings. The number of benzene rings is 12. The van der Waals surface area contributed by atoms with Gasteiger partial charge in [0.2, 0.25) is 0 Å². The zero-order chi connectivity index (χ0) is 47.7. The number of imidazole rings is 1. The molecule has 4 aromatic heterocycles. The van der Waals surface area contributed by atoms with Gasteiger partial charge in [-0.1, -0.05) is 176 Å². The third-order valence-corrected chi connectivity index (χ3v) is 16.6. The van der Waals surface area contributed by atoms with Crippen LogP contribution in [0.5, 0.6) is 0 Å². The molecule has 0 spiro atoms. The van der Waals surface area contributed by atoms with Crippen LogP contribution in [0.3, 0.4) is 0 Å². The lowest BCUT2D eigenvalue weighted by atomic mass is 9.91. The highest BCUT2D eigenvalue weighted by Crippen LogP contribution is 2.44. The first-order valence-corrected chi connectivity index (χ1v) is 25.8. The van der Waals surface area contributed by atoms with Crippen LogP contribution in [-0.4, -0.2) is 14.0 Å². The van der Waals surface area contributed by atoms with Gasteiger partial charge in [-0.25, -0.2) is 4.98 Å². The van der Waals surface area contributed by atoms with Gasteiger partial charge in [0.05, 0.1) is 32.5 Å². The van der Waals surface area contributed by atoms with Gasteiger partial charge >= 0.3 is 0 Å². The average molecular weight is 944 g/mol. The fraction of sp³-hybridized carbons (Fsp3) is 0. The van der Waals surface area contributed by atoms with E-state index < -0.39 is 0 Å². The highest BCUT2D eigenvalue weighted by molar-refractivity contribution is 7.26. The van der Waals surface area contributed by atoms with Crippen LogP contribution in [0.15, 0.2) is 249 Å². The van der Waals surface area contributed by atoms with Crippen LogP contribution in [0.4, 0.5) is 0 Å². The van der Waals surface area contributed by atoms with E-state index in [0.29, 0.717) is 0 Å². The van der Waals surface area contributed by atoms with Gasteiger partial charge in [0.25, 0.3) is 0 Å². The Morgan fingerprint density at radius 3 is 1.56 bits per heavy atom. The van der Waals surface area contributed by atoms with Crippen LogP contribution in [0.2, 0.25) is 0 Å². The lowest BCUT2D eigenvalue weighted by molar-refractivity contribution is 1.18. The summed E-state index contributed by atoms with van der Waals surface area (Å²) in [6.45, 7) is 0. The highest BCUT2D eigenvalue weighted by Gasteiger charge is 2.20. The van der Waals surface area contributed by atoms with Gasteiger partial charge in [0.15, 0.2) is 5.65 Å². The Labute approximate surface area is 423 Å². The van der Waals surface area contributed by atoms with Gasteiger partial charge in [-0.2, -0.15) is 0 Å². The van der Waals surface area contributed by atoms with Crippen LogP contribution in [-0.2, 0) is 0 Å². The molecule has 0 aliphatic heterocycles. The second-order valence-corrected chi connectivity index (χ2v) is 20.6. The number of para-hydroxylation sites is 2. The molecule has 73 heavy (non-hydrogen) atoms. The molecule has 338 valence electrons. The topological polar surface area (TPSA) is 22.2 Å². The second kappa shape index (κ2) is 15.6. The van der Waals surface area contributed by atoms with Crippen molar-refractivity contribution in [2.75, 3.05) is 0 Å². The normalized spacial score (nSPS) is 12.1. The van der Waals surface area contributed by atoms with Crippen molar-refractivity contribution >= 4 is 113 Å². The molecule has 4 heteroatoms. The minimum absolute atomic E-state index is 1.000. The molecule has 12 aromatic carbocycles. The van der Waals surface area contributed by atoms with E-state index in [-0.39, 0.29) is 0 Å². The van der Waals surface area contributed by atoms with Crippen LogP contribution in [0, 0.1) is 0 Å². The van der Waals surface area contributed by atoms with Crippen molar-refractivity contribution in [2.45, 2.75) is 0 Å². The molecule has 0 aliphatic rings. The molecule has 0 atom stereocenters. The summed E-state index contributed by atoms with van der Waals surface area (Å²) in [4.78, 5) is 5.48. The quantitative estimate of drug-likeness (QED) is 0.158. The van der Waals surface area contributed by atoms with E-state index in [9.17, 15) is 0 Å². The molecular weight excluding hydrogens is 903 g/mol. The van der Waals surface area contributed by atoms with Crippen molar-refractivity contribution in [1.82, 2.24) is 14.0 Å². The third-order valence-electron chi connectivity index (χ3n) is 15.4. The van der Waals surface area contributed by atoms with E-state index in [4.69, 9.17) is 4.98 Å². The standard InChI is InChI=1S/C69H41N3S/c1-2-16-53(17-3-1)71-63-21-11-10-20-58(63)59-36-50(30-33-64(59)71)42-22-24-43(25-23-42)54-31-32-55(57-19-9-8-18-56(54)57)44-26-28-45(29-27-44)65-41-61-60-37-48-14-6-7-15-49(48)40-67(60)73-68(61)69-70-62-38-51-34-46-12-4-5-13-47(46)35-52(51)39-66(62)72(65)69/h1-41H. The summed E-state index contributed by atoms with van der Waals surface area (Å²) < 4.78 is 7.27. The number of hydrogen-bond donors (Lipinski definition) is 0. The first-order chi connectivity index (χ1) is 36.1. The predicted molar refractivity (Wildman–Crippen MR) is 312 cm³/mol. The van der Waals surface area contributed by atoms with E-state index in [1.807, 2.05) is 11.3 Å². The molecule has 0 radical (unpaired) electrons. The molecule has 0 N–H and O–H groups in total. The van der Waals surface area contributed by atoms with Crippen LogP contribution in [0.1, 0.15) is 0 Å². The third kappa shape index (κ3) is 6.21. The molecule has 0 fully saturated rings. The van der Waals surface area contributed by atoms with E-state index in [1.54, 1.807) is 0 Å². The molecule has 0 unspecified atom stereocenters. The van der Waals surface area contributed by atoms with Gasteiger partial charge < -0.3 is 4.57 Å². The van der Waals surface area contributed by atoms with Crippen molar-refractivity contribution < 1.29 is 0 Å². The maximum atomic E-state index is 5.48.